The summed E-state index contributed by atoms with van der Waals surface area (Å²) in [6.45, 7) is 3.65. The van der Waals surface area contributed by atoms with Gasteiger partial charge in [-0.3, -0.25) is 14.6 Å². The maximum atomic E-state index is 12.7. The molecule has 0 fully saturated rings. The Bertz CT molecular complexity index is 1080. The summed E-state index contributed by atoms with van der Waals surface area (Å²) in [4.78, 5) is 28.2. The van der Waals surface area contributed by atoms with Gasteiger partial charge in [0.25, 0.3) is 5.91 Å². The van der Waals surface area contributed by atoms with Crippen LogP contribution in [0.1, 0.15) is 21.5 Å². The van der Waals surface area contributed by atoms with Gasteiger partial charge in [-0.1, -0.05) is 18.7 Å². The molecule has 148 valence electrons. The fraction of sp³-hybridized carbons (Fsp3) is 0.0952. The van der Waals surface area contributed by atoms with Crippen LogP contribution in [0.15, 0.2) is 67.4 Å². The van der Waals surface area contributed by atoms with Crippen molar-refractivity contribution in [1.82, 2.24) is 10.3 Å². The SMILES string of the molecule is C=CC(=O)NCc1ccc(NC(=O)c2ccc(C(F)(F)F)cc2)c2ncccc12. The molecule has 0 aliphatic carbocycles. The molecule has 5 nitrogen and oxygen atoms in total. The van der Waals surface area contributed by atoms with Crippen LogP contribution >= 0.6 is 0 Å². The number of fused-ring (bicyclic) bond motifs is 1. The maximum Gasteiger partial charge on any atom is 0.416 e. The van der Waals surface area contributed by atoms with Crippen molar-refractivity contribution in [3.8, 4) is 0 Å². The van der Waals surface area contributed by atoms with Crippen LogP contribution in [0, 0.1) is 0 Å². The third-order valence-corrected chi connectivity index (χ3v) is 4.22. The average molecular weight is 399 g/mol. The average Bonchev–Trinajstić information content (AvgIpc) is 2.72. The van der Waals surface area contributed by atoms with Crippen molar-refractivity contribution in [1.29, 1.82) is 0 Å². The summed E-state index contributed by atoms with van der Waals surface area (Å²) in [7, 11) is 0. The minimum absolute atomic E-state index is 0.0874. The molecule has 0 aliphatic rings. The Balaban J connectivity index is 1.86. The van der Waals surface area contributed by atoms with E-state index in [0.29, 0.717) is 11.2 Å². The van der Waals surface area contributed by atoms with E-state index in [9.17, 15) is 22.8 Å². The molecule has 8 heteroatoms. The number of anilines is 1. The summed E-state index contributed by atoms with van der Waals surface area (Å²) < 4.78 is 38.0. The van der Waals surface area contributed by atoms with E-state index in [4.69, 9.17) is 0 Å². The van der Waals surface area contributed by atoms with Gasteiger partial charge in [-0.15, -0.1) is 0 Å². The smallest absolute Gasteiger partial charge is 0.348 e. The summed E-state index contributed by atoms with van der Waals surface area (Å²) in [6, 6.07) is 10.8. The van der Waals surface area contributed by atoms with Crippen LogP contribution in [0.3, 0.4) is 0 Å². The van der Waals surface area contributed by atoms with Crippen molar-refractivity contribution in [2.75, 3.05) is 5.32 Å². The maximum absolute atomic E-state index is 12.7. The van der Waals surface area contributed by atoms with Gasteiger partial charge in [-0.05, 0) is 48.0 Å². The Morgan fingerprint density at radius 1 is 1.07 bits per heavy atom. The number of rotatable bonds is 5. The van der Waals surface area contributed by atoms with Gasteiger partial charge in [0.05, 0.1) is 16.8 Å². The van der Waals surface area contributed by atoms with Crippen LogP contribution in [-0.4, -0.2) is 16.8 Å². The number of benzene rings is 2. The van der Waals surface area contributed by atoms with Crippen molar-refractivity contribution < 1.29 is 22.8 Å². The molecule has 0 aliphatic heterocycles. The summed E-state index contributed by atoms with van der Waals surface area (Å²) in [5.74, 6) is -0.875. The molecule has 3 rings (SSSR count). The fourth-order valence-corrected chi connectivity index (χ4v) is 2.75. The number of carbonyl (C=O) groups excluding carboxylic acids is 2. The number of aromatic nitrogens is 1. The molecule has 0 saturated heterocycles. The Morgan fingerprint density at radius 2 is 1.79 bits per heavy atom. The first-order valence-electron chi connectivity index (χ1n) is 8.55. The lowest BCUT2D eigenvalue weighted by Crippen LogP contribution is -2.20. The summed E-state index contributed by atoms with van der Waals surface area (Å²) in [5, 5.41) is 6.08. The summed E-state index contributed by atoms with van der Waals surface area (Å²) >= 11 is 0. The van der Waals surface area contributed by atoms with E-state index in [2.05, 4.69) is 22.2 Å². The van der Waals surface area contributed by atoms with Gasteiger partial charge in [0.2, 0.25) is 5.91 Å². The molecule has 0 unspecified atom stereocenters. The molecule has 2 amide bonds. The molecule has 0 spiro atoms. The topological polar surface area (TPSA) is 71.1 Å². The molecular formula is C21H16F3N3O2. The zero-order valence-corrected chi connectivity index (χ0v) is 15.1. The van der Waals surface area contributed by atoms with Gasteiger partial charge in [-0.25, -0.2) is 0 Å². The summed E-state index contributed by atoms with van der Waals surface area (Å²) in [5.41, 5.74) is 0.953. The largest absolute Gasteiger partial charge is 0.416 e. The van der Waals surface area contributed by atoms with Crippen LogP contribution in [0.5, 0.6) is 0 Å². The highest BCUT2D eigenvalue weighted by atomic mass is 19.4. The second kappa shape index (κ2) is 8.14. The molecule has 0 atom stereocenters. The molecule has 3 aromatic rings. The van der Waals surface area contributed by atoms with Gasteiger partial charge in [0.15, 0.2) is 0 Å². The number of hydrogen-bond donors (Lipinski definition) is 2. The molecular weight excluding hydrogens is 383 g/mol. The Kier molecular flexibility index (Phi) is 5.63. The van der Waals surface area contributed by atoms with E-state index < -0.39 is 17.6 Å². The Labute approximate surface area is 164 Å². The van der Waals surface area contributed by atoms with E-state index in [-0.39, 0.29) is 18.0 Å². The predicted octanol–water partition coefficient (Wildman–Crippen LogP) is 4.31. The van der Waals surface area contributed by atoms with Crippen LogP contribution in [0.4, 0.5) is 18.9 Å². The number of pyridine rings is 1. The standard InChI is InChI=1S/C21H16F3N3O2/c1-2-18(28)26-12-14-7-10-17(19-16(14)4-3-11-25-19)27-20(29)13-5-8-15(9-6-13)21(22,23)24/h2-11H,1,12H2,(H,26,28)(H,27,29). The third kappa shape index (κ3) is 4.60. The monoisotopic (exact) mass is 399 g/mol. The predicted molar refractivity (Wildman–Crippen MR) is 103 cm³/mol. The second-order valence-corrected chi connectivity index (χ2v) is 6.12. The molecule has 0 radical (unpaired) electrons. The second-order valence-electron chi connectivity index (χ2n) is 6.12. The first-order valence-corrected chi connectivity index (χ1v) is 8.55. The molecule has 2 aromatic carbocycles. The molecule has 0 saturated carbocycles. The molecule has 2 N–H and O–H groups in total. The quantitative estimate of drug-likeness (QED) is 0.628. The van der Waals surface area contributed by atoms with Crippen molar-refractivity contribution in [3.05, 3.63) is 84.1 Å². The van der Waals surface area contributed by atoms with Crippen LogP contribution < -0.4 is 10.6 Å². The van der Waals surface area contributed by atoms with Gasteiger partial charge in [0.1, 0.15) is 0 Å². The minimum Gasteiger partial charge on any atom is -0.348 e. The first-order chi connectivity index (χ1) is 13.8. The fourth-order valence-electron chi connectivity index (χ4n) is 2.75. The molecule has 1 heterocycles. The molecule has 1 aromatic heterocycles. The Hall–Kier alpha value is -3.68. The Morgan fingerprint density at radius 3 is 2.45 bits per heavy atom. The number of nitrogens with zero attached hydrogens (tertiary/aromatic N) is 1. The first kappa shape index (κ1) is 20.1. The molecule has 29 heavy (non-hydrogen) atoms. The molecule has 0 bridgehead atoms. The van der Waals surface area contributed by atoms with Crippen molar-refractivity contribution in [3.63, 3.8) is 0 Å². The van der Waals surface area contributed by atoms with Crippen molar-refractivity contribution in [2.24, 2.45) is 0 Å². The van der Waals surface area contributed by atoms with Gasteiger partial charge >= 0.3 is 6.18 Å². The van der Waals surface area contributed by atoms with E-state index >= 15 is 0 Å². The highest BCUT2D eigenvalue weighted by Crippen LogP contribution is 2.29. The van der Waals surface area contributed by atoms with Crippen LogP contribution in [-0.2, 0) is 17.5 Å². The van der Waals surface area contributed by atoms with Gasteiger partial charge in [-0.2, -0.15) is 13.2 Å². The number of halogens is 3. The van der Waals surface area contributed by atoms with Gasteiger partial charge in [0, 0.05) is 23.7 Å². The zero-order chi connectivity index (χ0) is 21.0. The van der Waals surface area contributed by atoms with Crippen LogP contribution in [0.2, 0.25) is 0 Å². The van der Waals surface area contributed by atoms with Crippen molar-refractivity contribution >= 4 is 28.4 Å². The number of hydrogen-bond acceptors (Lipinski definition) is 3. The number of alkyl halides is 3. The summed E-state index contributed by atoms with van der Waals surface area (Å²) in [6.07, 6.45) is -1.74. The van der Waals surface area contributed by atoms with E-state index in [1.165, 1.54) is 6.08 Å². The number of amides is 2. The lowest BCUT2D eigenvalue weighted by Gasteiger charge is -2.12. The van der Waals surface area contributed by atoms with Gasteiger partial charge < -0.3 is 10.6 Å². The van der Waals surface area contributed by atoms with E-state index in [1.54, 1.807) is 30.5 Å². The third-order valence-electron chi connectivity index (χ3n) is 4.22. The minimum atomic E-state index is -4.47. The zero-order valence-electron chi connectivity index (χ0n) is 15.1. The van der Waals surface area contributed by atoms with Crippen LogP contribution in [0.25, 0.3) is 10.9 Å². The van der Waals surface area contributed by atoms with Crippen molar-refractivity contribution in [2.45, 2.75) is 12.7 Å². The number of carbonyl (C=O) groups is 2. The number of nitrogens with one attached hydrogen (secondary N) is 2. The van der Waals surface area contributed by atoms with E-state index in [1.807, 2.05) is 0 Å². The highest BCUT2D eigenvalue weighted by molar-refractivity contribution is 6.08. The van der Waals surface area contributed by atoms with E-state index in [0.717, 1.165) is 35.2 Å². The normalized spacial score (nSPS) is 11.1. The lowest BCUT2D eigenvalue weighted by atomic mass is 10.1. The lowest BCUT2D eigenvalue weighted by molar-refractivity contribution is -0.137. The highest BCUT2D eigenvalue weighted by Gasteiger charge is 2.30.